The molecule has 1 aliphatic carbocycles. The molecule has 20 nitrogen and oxygen atoms in total. The molecular formula is C20H28N12O8S2. The summed E-state index contributed by atoms with van der Waals surface area (Å²) in [5.41, 5.74) is 14.5. The number of hydrogen-bond donors (Lipinski definition) is 7. The highest BCUT2D eigenvalue weighted by Crippen LogP contribution is 2.40. The van der Waals surface area contributed by atoms with Gasteiger partial charge in [0.1, 0.15) is 17.8 Å². The summed E-state index contributed by atoms with van der Waals surface area (Å²) in [5, 5.41) is 28.2. The van der Waals surface area contributed by atoms with Crippen LogP contribution in [-0.4, -0.2) is 103 Å². The highest BCUT2D eigenvalue weighted by atomic mass is 32.2. The van der Waals surface area contributed by atoms with Crippen LogP contribution in [0.3, 0.4) is 0 Å². The number of amides is 2. The number of nitrogens with two attached hydrogens (primary N) is 3. The minimum atomic E-state index is -5.00. The Labute approximate surface area is 241 Å². The predicted molar refractivity (Wildman–Crippen MR) is 145 cm³/mol. The SMILES string of the molecule is NC(N)=NCCCNCc1cnn(C[C@H]2[C@H](NC(=O)C(=NOC3(C(=O)O)CC3)c3csc(N)n3)C(=O)N2S(=O)(=O)O)n1. The van der Waals surface area contributed by atoms with E-state index in [2.05, 4.69) is 36.0 Å². The fourth-order valence-electron chi connectivity index (χ4n) is 3.84. The minimum absolute atomic E-state index is 0.00430. The van der Waals surface area contributed by atoms with Crippen LogP contribution in [0, 0.1) is 0 Å². The zero-order valence-electron chi connectivity index (χ0n) is 21.8. The molecule has 0 unspecified atom stereocenters. The maximum absolute atomic E-state index is 13.2. The molecule has 22 heteroatoms. The van der Waals surface area contributed by atoms with Crippen LogP contribution in [0.2, 0.25) is 0 Å². The monoisotopic (exact) mass is 628 g/mol. The van der Waals surface area contributed by atoms with Crippen LogP contribution in [0.5, 0.6) is 0 Å². The van der Waals surface area contributed by atoms with Gasteiger partial charge in [0.05, 0.1) is 18.4 Å². The van der Waals surface area contributed by atoms with Crippen LogP contribution >= 0.6 is 11.3 Å². The number of guanidine groups is 1. The van der Waals surface area contributed by atoms with Gasteiger partial charge in [0.2, 0.25) is 5.60 Å². The van der Waals surface area contributed by atoms with E-state index in [1.54, 1.807) is 0 Å². The molecule has 1 aliphatic heterocycles. The molecule has 10 N–H and O–H groups in total. The van der Waals surface area contributed by atoms with Gasteiger partial charge in [-0.3, -0.25) is 19.1 Å². The van der Waals surface area contributed by atoms with Gasteiger partial charge >= 0.3 is 16.3 Å². The van der Waals surface area contributed by atoms with Gasteiger partial charge in [0.25, 0.3) is 11.8 Å². The first kappa shape index (κ1) is 30.5. The third-order valence-corrected chi connectivity index (χ3v) is 7.76. The lowest BCUT2D eigenvalue weighted by Gasteiger charge is -2.43. The molecule has 0 spiro atoms. The first-order chi connectivity index (χ1) is 19.8. The number of nitrogen functional groups attached to an aromatic ring is 1. The molecule has 228 valence electrons. The number of aromatic nitrogens is 4. The Morgan fingerprint density at radius 3 is 2.64 bits per heavy atom. The van der Waals surface area contributed by atoms with Crippen molar-refractivity contribution in [2.75, 3.05) is 18.8 Å². The molecular weight excluding hydrogens is 600 g/mol. The summed E-state index contributed by atoms with van der Waals surface area (Å²) in [5.74, 6) is -3.43. The summed E-state index contributed by atoms with van der Waals surface area (Å²) in [6, 6.07) is -2.78. The fourth-order valence-corrected chi connectivity index (χ4v) is 5.26. The normalized spacial score (nSPS) is 19.6. The van der Waals surface area contributed by atoms with E-state index in [1.165, 1.54) is 11.6 Å². The number of oxime groups is 1. The van der Waals surface area contributed by atoms with E-state index in [9.17, 15) is 32.5 Å². The van der Waals surface area contributed by atoms with Crippen molar-refractivity contribution in [2.45, 2.75) is 50.0 Å². The average Bonchev–Trinajstić information content (AvgIpc) is 3.37. The molecule has 0 radical (unpaired) electrons. The number of carbonyl (C=O) groups is 3. The van der Waals surface area contributed by atoms with E-state index in [4.69, 9.17) is 22.0 Å². The summed E-state index contributed by atoms with van der Waals surface area (Å²) in [6.45, 7) is 0.986. The summed E-state index contributed by atoms with van der Waals surface area (Å²) >= 11 is 0.969. The Morgan fingerprint density at radius 1 is 1.31 bits per heavy atom. The van der Waals surface area contributed by atoms with E-state index in [0.29, 0.717) is 31.7 Å². The Morgan fingerprint density at radius 2 is 2.05 bits per heavy atom. The second-order valence-electron chi connectivity index (χ2n) is 9.26. The third-order valence-electron chi connectivity index (χ3n) is 6.14. The number of nitrogens with zero attached hydrogens (tertiary/aromatic N) is 7. The molecule has 1 saturated carbocycles. The number of aliphatic carboxylic acids is 1. The van der Waals surface area contributed by atoms with Crippen LogP contribution in [0.15, 0.2) is 21.7 Å². The van der Waals surface area contributed by atoms with Crippen molar-refractivity contribution in [3.05, 3.63) is 23.0 Å². The highest BCUT2D eigenvalue weighted by molar-refractivity contribution is 7.84. The van der Waals surface area contributed by atoms with Gasteiger partial charge in [-0.2, -0.15) is 23.4 Å². The highest BCUT2D eigenvalue weighted by Gasteiger charge is 2.56. The molecule has 2 aliphatic rings. The van der Waals surface area contributed by atoms with E-state index in [0.717, 1.165) is 16.1 Å². The van der Waals surface area contributed by atoms with Gasteiger partial charge in [-0.25, -0.2) is 14.1 Å². The third kappa shape index (κ3) is 7.07. The minimum Gasteiger partial charge on any atom is -0.478 e. The van der Waals surface area contributed by atoms with Gasteiger partial charge in [-0.1, -0.05) is 5.16 Å². The van der Waals surface area contributed by atoms with Crippen molar-refractivity contribution in [3.63, 3.8) is 0 Å². The zero-order valence-corrected chi connectivity index (χ0v) is 23.4. The van der Waals surface area contributed by atoms with Gasteiger partial charge in [-0.05, 0) is 13.0 Å². The number of hydrogen-bond acceptors (Lipinski definition) is 14. The number of rotatable bonds is 15. The standard InChI is InChI=1S/C20H28N12O8S2/c21-18(22)25-5-1-4-24-6-10-7-26-31(29-10)8-12-14(16(34)32(12)42(37,38)39)28-15(33)13(11-9-41-19(23)27-11)30-40-20(2-3-20)17(35)36/h7,9,12,14,24H,1-6,8H2,(H2,23,27)(H,28,33)(H,35,36)(H4,21,22,25)(H,37,38,39)/t12-,14-/m0/s1. The second kappa shape index (κ2) is 12.2. The lowest BCUT2D eigenvalue weighted by Crippen LogP contribution is -2.73. The van der Waals surface area contributed by atoms with Crippen molar-refractivity contribution < 1.29 is 37.3 Å². The van der Waals surface area contributed by atoms with Crippen molar-refractivity contribution in [1.82, 2.24) is 34.9 Å². The van der Waals surface area contributed by atoms with Crippen LogP contribution in [-0.2, 0) is 42.6 Å². The lowest BCUT2D eigenvalue weighted by atomic mass is 9.98. The van der Waals surface area contributed by atoms with Gasteiger partial charge < -0.3 is 37.8 Å². The van der Waals surface area contributed by atoms with Crippen molar-refractivity contribution >= 4 is 56.2 Å². The number of anilines is 1. The smallest absolute Gasteiger partial charge is 0.362 e. The Balaban J connectivity index is 1.45. The molecule has 2 aromatic rings. The van der Waals surface area contributed by atoms with Gasteiger partial charge in [-0.15, -0.1) is 11.3 Å². The molecule has 0 aromatic carbocycles. The molecule has 2 fully saturated rings. The maximum Gasteiger partial charge on any atom is 0.362 e. The maximum atomic E-state index is 13.2. The number of aliphatic imine (C=N–C) groups is 1. The summed E-state index contributed by atoms with van der Waals surface area (Å²) < 4.78 is 33.6. The molecule has 3 heterocycles. The molecule has 2 amide bonds. The molecule has 2 atom stereocenters. The second-order valence-corrected chi connectivity index (χ2v) is 11.4. The number of nitrogens with one attached hydrogen (secondary N) is 2. The molecule has 0 bridgehead atoms. The molecule has 1 saturated heterocycles. The van der Waals surface area contributed by atoms with E-state index in [1.807, 2.05) is 0 Å². The zero-order chi connectivity index (χ0) is 30.7. The van der Waals surface area contributed by atoms with E-state index in [-0.39, 0.29) is 40.5 Å². The lowest BCUT2D eigenvalue weighted by molar-refractivity contribution is -0.153. The van der Waals surface area contributed by atoms with E-state index >= 15 is 0 Å². The number of thiazole rings is 1. The summed E-state index contributed by atoms with van der Waals surface area (Å²) in [7, 11) is -5.00. The largest absolute Gasteiger partial charge is 0.478 e. The van der Waals surface area contributed by atoms with Gasteiger partial charge in [0.15, 0.2) is 16.8 Å². The van der Waals surface area contributed by atoms with Crippen molar-refractivity contribution in [1.29, 1.82) is 0 Å². The fraction of sp³-hybridized carbons (Fsp3) is 0.500. The van der Waals surface area contributed by atoms with E-state index < -0.39 is 51.5 Å². The topological polar surface area (TPSA) is 309 Å². The average molecular weight is 629 g/mol. The molecule has 42 heavy (non-hydrogen) atoms. The number of carboxylic acid groups (broad SMARTS) is 1. The van der Waals surface area contributed by atoms with Crippen LogP contribution < -0.4 is 27.8 Å². The summed E-state index contributed by atoms with van der Waals surface area (Å²) in [6.07, 6.45) is 2.40. The first-order valence-electron chi connectivity index (χ1n) is 12.3. The molecule has 4 rings (SSSR count). The number of carboxylic acids is 1. The Kier molecular flexibility index (Phi) is 8.89. The van der Waals surface area contributed by atoms with Crippen LogP contribution in [0.25, 0.3) is 0 Å². The van der Waals surface area contributed by atoms with Crippen LogP contribution in [0.1, 0.15) is 30.7 Å². The molecule has 2 aromatic heterocycles. The Hall–Kier alpha value is -4.41. The Bertz CT molecular complexity index is 1510. The predicted octanol–water partition coefficient (Wildman–Crippen LogP) is -3.39. The van der Waals surface area contributed by atoms with Crippen LogP contribution in [0.4, 0.5) is 5.13 Å². The van der Waals surface area contributed by atoms with Crippen molar-refractivity contribution in [3.8, 4) is 0 Å². The number of β-lactam (4-membered cyclic amide) rings is 1. The first-order valence-corrected chi connectivity index (χ1v) is 14.6. The number of carbonyl (C=O) groups excluding carboxylic acids is 2. The van der Waals surface area contributed by atoms with Crippen molar-refractivity contribution in [2.24, 2.45) is 21.6 Å². The quantitative estimate of drug-likeness (QED) is 0.0252. The van der Waals surface area contributed by atoms with Gasteiger partial charge in [0, 0.05) is 31.3 Å². The summed E-state index contributed by atoms with van der Waals surface area (Å²) in [4.78, 5) is 51.4.